The van der Waals surface area contributed by atoms with Gasteiger partial charge in [-0.1, -0.05) is 0 Å². The molecule has 0 aliphatic carbocycles. The number of sulfonamides is 1. The monoisotopic (exact) mass is 302 g/mol. The number of nitriles is 1. The summed E-state index contributed by atoms with van der Waals surface area (Å²) < 4.78 is 30.2. The highest BCUT2D eigenvalue weighted by molar-refractivity contribution is 7.89. The zero-order valence-electron chi connectivity index (χ0n) is 10.8. The number of methoxy groups -OCH3 is 1. The lowest BCUT2D eigenvalue weighted by Crippen LogP contribution is -2.31. The highest BCUT2D eigenvalue weighted by Crippen LogP contribution is 2.25. The predicted molar refractivity (Wildman–Crippen MR) is 70.3 cm³/mol. The molecule has 0 unspecified atom stereocenters. The standard InChI is InChI=1S/C11H14N2O4S2/c1-8(6-12)7-13(2)19(15,16)9-4-5-18-10(9)11(14)17-3/h4-5,8H,7H2,1-3H3/t8-/m1/s1. The number of hydrogen-bond acceptors (Lipinski definition) is 6. The summed E-state index contributed by atoms with van der Waals surface area (Å²) >= 11 is 1.01. The molecule has 0 aromatic carbocycles. The molecule has 0 amide bonds. The molecule has 1 atom stereocenters. The highest BCUT2D eigenvalue weighted by Gasteiger charge is 2.29. The van der Waals surface area contributed by atoms with E-state index in [1.165, 1.54) is 25.6 Å². The summed E-state index contributed by atoms with van der Waals surface area (Å²) in [6, 6.07) is 3.33. The number of nitrogens with zero attached hydrogens (tertiary/aromatic N) is 2. The summed E-state index contributed by atoms with van der Waals surface area (Å²) in [5.74, 6) is -1.12. The zero-order chi connectivity index (χ0) is 14.6. The van der Waals surface area contributed by atoms with Crippen LogP contribution in [0.1, 0.15) is 16.6 Å². The third-order valence-corrected chi connectivity index (χ3v) is 5.33. The number of esters is 1. The molecular formula is C11H14N2O4S2. The van der Waals surface area contributed by atoms with Gasteiger partial charge in [-0.15, -0.1) is 11.3 Å². The Kier molecular flexibility index (Phi) is 5.05. The Morgan fingerprint density at radius 1 is 1.63 bits per heavy atom. The Bertz CT molecular complexity index is 600. The number of ether oxygens (including phenoxy) is 1. The quantitative estimate of drug-likeness (QED) is 0.765. The van der Waals surface area contributed by atoms with Gasteiger partial charge in [-0.25, -0.2) is 13.2 Å². The van der Waals surface area contributed by atoms with Crippen molar-refractivity contribution >= 4 is 27.3 Å². The average molecular weight is 302 g/mol. The first kappa shape index (κ1) is 15.6. The maximum absolute atomic E-state index is 12.3. The predicted octanol–water partition coefficient (Wildman–Crippen LogP) is 1.31. The third kappa shape index (κ3) is 3.32. The van der Waals surface area contributed by atoms with E-state index in [1.54, 1.807) is 6.92 Å². The lowest BCUT2D eigenvalue weighted by Gasteiger charge is -2.18. The molecule has 0 N–H and O–H groups in total. The van der Waals surface area contributed by atoms with Crippen LogP contribution in [0.2, 0.25) is 0 Å². The van der Waals surface area contributed by atoms with E-state index in [9.17, 15) is 13.2 Å². The van der Waals surface area contributed by atoms with Crippen LogP contribution in [0.5, 0.6) is 0 Å². The fraction of sp³-hybridized carbons (Fsp3) is 0.455. The smallest absolute Gasteiger partial charge is 0.349 e. The van der Waals surface area contributed by atoms with Gasteiger partial charge in [-0.05, 0) is 18.4 Å². The van der Waals surface area contributed by atoms with Crippen LogP contribution in [0.15, 0.2) is 16.3 Å². The first-order chi connectivity index (χ1) is 8.84. The van der Waals surface area contributed by atoms with Gasteiger partial charge >= 0.3 is 5.97 Å². The van der Waals surface area contributed by atoms with Crippen LogP contribution in [0.25, 0.3) is 0 Å². The number of carbonyl (C=O) groups excluding carboxylic acids is 1. The van der Waals surface area contributed by atoms with Crippen LogP contribution in [-0.4, -0.2) is 39.4 Å². The molecular weight excluding hydrogens is 288 g/mol. The van der Waals surface area contributed by atoms with Crippen molar-refractivity contribution in [2.24, 2.45) is 5.92 Å². The van der Waals surface area contributed by atoms with Crippen molar-refractivity contribution < 1.29 is 17.9 Å². The van der Waals surface area contributed by atoms with E-state index >= 15 is 0 Å². The zero-order valence-corrected chi connectivity index (χ0v) is 12.4. The molecule has 1 aromatic heterocycles. The molecule has 19 heavy (non-hydrogen) atoms. The normalized spacial score (nSPS) is 13.0. The van der Waals surface area contributed by atoms with Gasteiger partial charge in [-0.3, -0.25) is 0 Å². The van der Waals surface area contributed by atoms with Crippen molar-refractivity contribution in [3.63, 3.8) is 0 Å². The van der Waals surface area contributed by atoms with Gasteiger partial charge in [0.25, 0.3) is 0 Å². The van der Waals surface area contributed by atoms with E-state index in [0.717, 1.165) is 15.6 Å². The molecule has 0 saturated heterocycles. The Morgan fingerprint density at radius 3 is 2.79 bits per heavy atom. The second-order valence-electron chi connectivity index (χ2n) is 3.92. The molecule has 104 valence electrons. The number of thiophene rings is 1. The molecule has 1 aromatic rings. The third-order valence-electron chi connectivity index (χ3n) is 2.44. The highest BCUT2D eigenvalue weighted by atomic mass is 32.2. The molecule has 0 aliphatic rings. The van der Waals surface area contributed by atoms with Crippen LogP contribution >= 0.6 is 11.3 Å². The van der Waals surface area contributed by atoms with Gasteiger partial charge in [0.15, 0.2) is 0 Å². The second kappa shape index (κ2) is 6.14. The fourth-order valence-electron chi connectivity index (χ4n) is 1.43. The Morgan fingerprint density at radius 2 is 2.26 bits per heavy atom. The van der Waals surface area contributed by atoms with Crippen molar-refractivity contribution in [2.45, 2.75) is 11.8 Å². The van der Waals surface area contributed by atoms with E-state index in [1.807, 2.05) is 6.07 Å². The maximum Gasteiger partial charge on any atom is 0.349 e. The molecule has 1 heterocycles. The lowest BCUT2D eigenvalue weighted by atomic mass is 10.2. The van der Waals surface area contributed by atoms with E-state index in [2.05, 4.69) is 4.74 Å². The molecule has 0 saturated carbocycles. The fourth-order valence-corrected chi connectivity index (χ4v) is 4.00. The maximum atomic E-state index is 12.3. The summed E-state index contributed by atoms with van der Waals surface area (Å²) in [4.78, 5) is 11.5. The summed E-state index contributed by atoms with van der Waals surface area (Å²) in [7, 11) is -1.22. The summed E-state index contributed by atoms with van der Waals surface area (Å²) in [6.45, 7) is 1.69. The van der Waals surface area contributed by atoms with Crippen LogP contribution in [0.4, 0.5) is 0 Å². The van der Waals surface area contributed by atoms with E-state index < -0.39 is 21.9 Å². The van der Waals surface area contributed by atoms with Crippen molar-refractivity contribution in [1.29, 1.82) is 5.26 Å². The molecule has 0 radical (unpaired) electrons. The van der Waals surface area contributed by atoms with E-state index in [-0.39, 0.29) is 16.3 Å². The molecule has 0 bridgehead atoms. The number of hydrogen-bond donors (Lipinski definition) is 0. The topological polar surface area (TPSA) is 87.5 Å². The SMILES string of the molecule is COC(=O)c1sccc1S(=O)(=O)N(C)C[C@H](C)C#N. The van der Waals surface area contributed by atoms with Gasteiger partial charge in [0, 0.05) is 13.6 Å². The van der Waals surface area contributed by atoms with Gasteiger partial charge in [0.1, 0.15) is 9.77 Å². The van der Waals surface area contributed by atoms with Crippen molar-refractivity contribution in [1.82, 2.24) is 4.31 Å². The van der Waals surface area contributed by atoms with Crippen molar-refractivity contribution in [3.05, 3.63) is 16.3 Å². The van der Waals surface area contributed by atoms with E-state index in [4.69, 9.17) is 5.26 Å². The minimum atomic E-state index is -3.79. The van der Waals surface area contributed by atoms with E-state index in [0.29, 0.717) is 0 Å². The Labute approximate surface area is 116 Å². The van der Waals surface area contributed by atoms with Gasteiger partial charge < -0.3 is 4.74 Å². The molecule has 1 rings (SSSR count). The largest absolute Gasteiger partial charge is 0.465 e. The molecule has 8 heteroatoms. The van der Waals surface area contributed by atoms with Crippen LogP contribution in [0, 0.1) is 17.2 Å². The minimum absolute atomic E-state index is 0.0407. The summed E-state index contributed by atoms with van der Waals surface area (Å²) in [6.07, 6.45) is 0. The molecule has 6 nitrogen and oxygen atoms in total. The molecule has 0 aliphatic heterocycles. The van der Waals surface area contributed by atoms with Crippen molar-refractivity contribution in [3.8, 4) is 6.07 Å². The Hall–Kier alpha value is -1.43. The Balaban J connectivity index is 3.11. The first-order valence-electron chi connectivity index (χ1n) is 5.36. The number of carbonyl (C=O) groups is 1. The van der Waals surface area contributed by atoms with Gasteiger partial charge in [-0.2, -0.15) is 9.57 Å². The van der Waals surface area contributed by atoms with Gasteiger partial charge in [0.05, 0.1) is 19.1 Å². The summed E-state index contributed by atoms with van der Waals surface area (Å²) in [5.41, 5.74) is 0. The molecule has 0 fully saturated rings. The second-order valence-corrected chi connectivity index (χ2v) is 6.85. The van der Waals surface area contributed by atoms with Crippen LogP contribution in [-0.2, 0) is 14.8 Å². The van der Waals surface area contributed by atoms with Crippen molar-refractivity contribution in [2.75, 3.05) is 20.7 Å². The molecule has 0 spiro atoms. The van der Waals surface area contributed by atoms with Gasteiger partial charge in [0.2, 0.25) is 10.0 Å². The minimum Gasteiger partial charge on any atom is -0.465 e. The summed E-state index contributed by atoms with van der Waals surface area (Å²) in [5, 5.41) is 10.2. The van der Waals surface area contributed by atoms with Crippen LogP contribution < -0.4 is 0 Å². The van der Waals surface area contributed by atoms with Crippen LogP contribution in [0.3, 0.4) is 0 Å². The first-order valence-corrected chi connectivity index (χ1v) is 7.68. The number of rotatable bonds is 5. The average Bonchev–Trinajstić information content (AvgIpc) is 2.87. The lowest BCUT2D eigenvalue weighted by molar-refractivity contribution is 0.0602.